The first-order chi connectivity index (χ1) is 10.1. The van der Waals surface area contributed by atoms with Gasteiger partial charge in [0.2, 0.25) is 0 Å². The fourth-order valence-electron chi connectivity index (χ4n) is 4.56. The monoisotopic (exact) mass is 287 g/mol. The Balaban J connectivity index is 1.77. The highest BCUT2D eigenvalue weighted by atomic mass is 16.5. The van der Waals surface area contributed by atoms with Gasteiger partial charge in [-0.25, -0.2) is 9.67 Å². The molecular weight excluding hydrogens is 266 g/mol. The fourth-order valence-corrected chi connectivity index (χ4v) is 4.56. The van der Waals surface area contributed by atoms with Crippen LogP contribution in [0.2, 0.25) is 0 Å². The summed E-state index contributed by atoms with van der Waals surface area (Å²) < 4.78 is 7.52. The second-order valence-electron chi connectivity index (χ2n) is 6.78. The lowest BCUT2D eigenvalue weighted by Crippen LogP contribution is -2.65. The third-order valence-corrected chi connectivity index (χ3v) is 5.37. The number of anilines is 1. The van der Waals surface area contributed by atoms with Crippen LogP contribution in [0.1, 0.15) is 20.3 Å². The number of aryl methyl sites for hydroxylation is 1. The van der Waals surface area contributed by atoms with Gasteiger partial charge < -0.3 is 9.64 Å². The van der Waals surface area contributed by atoms with Gasteiger partial charge in [0.1, 0.15) is 0 Å². The van der Waals surface area contributed by atoms with Crippen LogP contribution < -0.4 is 4.90 Å². The van der Waals surface area contributed by atoms with Crippen molar-refractivity contribution < 1.29 is 4.74 Å². The molecular formula is C15H21N5O. The maximum absolute atomic E-state index is 5.71. The Bertz CT molecular complexity index is 694. The van der Waals surface area contributed by atoms with Gasteiger partial charge in [0.25, 0.3) is 0 Å². The molecule has 0 radical (unpaired) electrons. The smallest absolute Gasteiger partial charge is 0.159 e. The minimum Gasteiger partial charge on any atom is -0.380 e. The van der Waals surface area contributed by atoms with Gasteiger partial charge in [-0.1, -0.05) is 19.1 Å². The molecule has 1 unspecified atom stereocenters. The number of rotatable bonds is 2. The highest BCUT2D eigenvalue weighted by Gasteiger charge is 2.62. The van der Waals surface area contributed by atoms with Crippen LogP contribution in [0.3, 0.4) is 0 Å². The predicted molar refractivity (Wildman–Crippen MR) is 80.1 cm³/mol. The van der Waals surface area contributed by atoms with E-state index in [1.165, 1.54) is 0 Å². The van der Waals surface area contributed by atoms with Crippen LogP contribution in [0, 0.1) is 11.3 Å². The molecule has 3 heterocycles. The maximum atomic E-state index is 5.71. The van der Waals surface area contributed by atoms with Gasteiger partial charge in [0, 0.05) is 44.3 Å². The van der Waals surface area contributed by atoms with E-state index >= 15 is 0 Å². The lowest BCUT2D eigenvalue weighted by atomic mass is 9.57. The minimum absolute atomic E-state index is 0.141. The number of hydrogen-bond acceptors (Lipinski definition) is 5. The van der Waals surface area contributed by atoms with Crippen LogP contribution >= 0.6 is 0 Å². The van der Waals surface area contributed by atoms with Crippen molar-refractivity contribution in [3.05, 3.63) is 12.3 Å². The van der Waals surface area contributed by atoms with Crippen LogP contribution in [-0.4, -0.2) is 45.8 Å². The summed E-state index contributed by atoms with van der Waals surface area (Å²) in [6, 6.07) is 2.44. The zero-order valence-corrected chi connectivity index (χ0v) is 12.9. The van der Waals surface area contributed by atoms with Crippen LogP contribution in [0.15, 0.2) is 12.3 Å². The van der Waals surface area contributed by atoms with Crippen molar-refractivity contribution in [3.63, 3.8) is 0 Å². The molecule has 1 saturated heterocycles. The first-order valence-corrected chi connectivity index (χ1v) is 7.49. The van der Waals surface area contributed by atoms with Gasteiger partial charge >= 0.3 is 0 Å². The molecule has 2 fully saturated rings. The Labute approximate surface area is 124 Å². The number of pyridine rings is 1. The molecule has 0 amide bonds. The average Bonchev–Trinajstić information content (AvgIpc) is 3.02. The first kappa shape index (κ1) is 13.0. The van der Waals surface area contributed by atoms with E-state index in [1.54, 1.807) is 4.68 Å². The third kappa shape index (κ3) is 1.54. The molecule has 2 aliphatic rings. The average molecular weight is 287 g/mol. The molecule has 2 aromatic heterocycles. The van der Waals surface area contributed by atoms with E-state index in [4.69, 9.17) is 4.74 Å². The second-order valence-corrected chi connectivity index (χ2v) is 6.78. The van der Waals surface area contributed by atoms with Gasteiger partial charge in [-0.15, -0.1) is 5.10 Å². The lowest BCUT2D eigenvalue weighted by Gasteiger charge is -2.56. The quantitative estimate of drug-likeness (QED) is 0.840. The van der Waals surface area contributed by atoms with Crippen molar-refractivity contribution in [1.82, 2.24) is 20.0 Å². The highest BCUT2D eigenvalue weighted by Crippen LogP contribution is 2.55. The Morgan fingerprint density at radius 2 is 2.19 bits per heavy atom. The number of aromatic nitrogens is 4. The molecule has 0 spiro atoms. The Kier molecular flexibility index (Phi) is 2.58. The largest absolute Gasteiger partial charge is 0.380 e. The van der Waals surface area contributed by atoms with Crippen LogP contribution in [-0.2, 0) is 11.8 Å². The van der Waals surface area contributed by atoms with Gasteiger partial charge in [0.05, 0.1) is 11.6 Å². The zero-order valence-electron chi connectivity index (χ0n) is 12.9. The standard InChI is InChI=1S/C15H21N5O/c1-15(2)12-9(13(15)21-4)6-8-20(12)14-11-10(5-7-16-14)19(3)18-17-11/h5,7,9,12-13H,6,8H2,1-4H3/t9-,12+,13?/m1/s1. The molecule has 0 aromatic carbocycles. The number of ether oxygens (including phenoxy) is 1. The molecule has 21 heavy (non-hydrogen) atoms. The Morgan fingerprint density at radius 3 is 2.95 bits per heavy atom. The SMILES string of the molecule is COC1[C@@H]2CCN(c3nccc4c3nnn4C)[C@@H]2C1(C)C. The number of fused-ring (bicyclic) bond motifs is 2. The molecule has 6 heteroatoms. The molecule has 1 saturated carbocycles. The summed E-state index contributed by atoms with van der Waals surface area (Å²) in [5.74, 6) is 1.56. The number of nitrogens with zero attached hydrogens (tertiary/aromatic N) is 5. The van der Waals surface area contributed by atoms with Gasteiger partial charge in [-0.3, -0.25) is 0 Å². The molecule has 1 aliphatic carbocycles. The topological polar surface area (TPSA) is 56.1 Å². The van der Waals surface area contributed by atoms with Gasteiger partial charge in [-0.2, -0.15) is 0 Å². The van der Waals surface area contributed by atoms with Crippen LogP contribution in [0.5, 0.6) is 0 Å². The molecule has 112 valence electrons. The summed E-state index contributed by atoms with van der Waals surface area (Å²) in [5, 5.41) is 8.44. The van der Waals surface area contributed by atoms with E-state index in [2.05, 4.69) is 34.0 Å². The van der Waals surface area contributed by atoms with Gasteiger partial charge in [0.15, 0.2) is 11.3 Å². The molecule has 3 atom stereocenters. The van der Waals surface area contributed by atoms with Crippen LogP contribution in [0.25, 0.3) is 11.0 Å². The van der Waals surface area contributed by atoms with Gasteiger partial charge in [-0.05, 0) is 12.5 Å². The first-order valence-electron chi connectivity index (χ1n) is 7.49. The van der Waals surface area contributed by atoms with Crippen molar-refractivity contribution in [2.75, 3.05) is 18.6 Å². The van der Waals surface area contributed by atoms with Crippen molar-refractivity contribution in [2.24, 2.45) is 18.4 Å². The van der Waals surface area contributed by atoms with Crippen molar-refractivity contribution in [2.45, 2.75) is 32.4 Å². The summed E-state index contributed by atoms with van der Waals surface area (Å²) in [7, 11) is 3.74. The van der Waals surface area contributed by atoms with E-state index < -0.39 is 0 Å². The highest BCUT2D eigenvalue weighted by molar-refractivity contribution is 5.86. The lowest BCUT2D eigenvalue weighted by molar-refractivity contribution is -0.129. The summed E-state index contributed by atoms with van der Waals surface area (Å²) in [6.45, 7) is 5.59. The van der Waals surface area contributed by atoms with E-state index in [0.29, 0.717) is 18.1 Å². The van der Waals surface area contributed by atoms with E-state index in [1.807, 2.05) is 26.4 Å². The fraction of sp³-hybridized carbons (Fsp3) is 0.667. The van der Waals surface area contributed by atoms with E-state index in [-0.39, 0.29) is 5.41 Å². The molecule has 6 nitrogen and oxygen atoms in total. The second kappa shape index (κ2) is 4.16. The van der Waals surface area contributed by atoms with Crippen molar-refractivity contribution >= 4 is 16.9 Å². The predicted octanol–water partition coefficient (Wildman–Crippen LogP) is 1.61. The molecule has 4 rings (SSSR count). The van der Waals surface area contributed by atoms with E-state index in [9.17, 15) is 0 Å². The van der Waals surface area contributed by atoms with Crippen molar-refractivity contribution in [1.29, 1.82) is 0 Å². The number of hydrogen-bond donors (Lipinski definition) is 0. The summed E-state index contributed by atoms with van der Waals surface area (Å²) in [6.07, 6.45) is 3.35. The Hall–Kier alpha value is -1.69. The number of methoxy groups -OCH3 is 1. The molecule has 0 N–H and O–H groups in total. The van der Waals surface area contributed by atoms with Crippen LogP contribution in [0.4, 0.5) is 5.82 Å². The summed E-state index contributed by atoms with van der Waals surface area (Å²) in [5.41, 5.74) is 2.07. The molecule has 0 bridgehead atoms. The van der Waals surface area contributed by atoms with Crippen molar-refractivity contribution in [3.8, 4) is 0 Å². The zero-order chi connectivity index (χ0) is 14.8. The minimum atomic E-state index is 0.141. The Morgan fingerprint density at radius 1 is 1.38 bits per heavy atom. The summed E-state index contributed by atoms with van der Waals surface area (Å²) >= 11 is 0. The molecule has 1 aliphatic heterocycles. The normalized spacial score (nSPS) is 30.5. The third-order valence-electron chi connectivity index (χ3n) is 5.37. The maximum Gasteiger partial charge on any atom is 0.159 e. The summed E-state index contributed by atoms with van der Waals surface area (Å²) in [4.78, 5) is 7.02. The van der Waals surface area contributed by atoms with E-state index in [0.717, 1.165) is 29.8 Å². The molecule has 2 aromatic rings.